The number of hydrogen-bond donors (Lipinski definition) is 0. The van der Waals surface area contributed by atoms with Gasteiger partial charge in [-0.05, 0) is 31.4 Å². The number of rotatable bonds is 2. The van der Waals surface area contributed by atoms with Crippen LogP contribution in [0.2, 0.25) is 0 Å². The van der Waals surface area contributed by atoms with E-state index >= 15 is 0 Å². The summed E-state index contributed by atoms with van der Waals surface area (Å²) >= 11 is 0. The van der Waals surface area contributed by atoms with Crippen LogP contribution in [0.15, 0.2) is 61.1 Å². The molecule has 1 aliphatic rings. The molecule has 0 N–H and O–H groups in total. The van der Waals surface area contributed by atoms with E-state index in [0.717, 1.165) is 22.3 Å². The van der Waals surface area contributed by atoms with Crippen molar-refractivity contribution >= 4 is 10.9 Å². The van der Waals surface area contributed by atoms with Crippen molar-refractivity contribution in [3.05, 3.63) is 61.1 Å². The van der Waals surface area contributed by atoms with E-state index in [4.69, 9.17) is 0 Å². The fourth-order valence-corrected chi connectivity index (χ4v) is 3.04. The molecule has 3 heteroatoms. The Morgan fingerprint density at radius 1 is 1.10 bits per heavy atom. The smallest absolute Gasteiger partial charge is 0.140 e. The Morgan fingerprint density at radius 2 is 2.10 bits per heavy atom. The molecule has 2 heterocycles. The molecule has 0 saturated carbocycles. The molecule has 21 heavy (non-hydrogen) atoms. The number of aromatic nitrogens is 3. The van der Waals surface area contributed by atoms with Crippen molar-refractivity contribution in [3.8, 4) is 11.4 Å². The van der Waals surface area contributed by atoms with Crippen molar-refractivity contribution in [2.45, 2.75) is 25.3 Å². The Labute approximate surface area is 124 Å². The van der Waals surface area contributed by atoms with Gasteiger partial charge in [-0.1, -0.05) is 30.4 Å². The van der Waals surface area contributed by atoms with Crippen LogP contribution in [0.3, 0.4) is 0 Å². The third-order valence-corrected chi connectivity index (χ3v) is 4.12. The number of imidazole rings is 1. The number of hydrogen-bond acceptors (Lipinski definition) is 2. The quantitative estimate of drug-likeness (QED) is 0.650. The van der Waals surface area contributed by atoms with Crippen LogP contribution in [-0.2, 0) is 0 Å². The lowest BCUT2D eigenvalue weighted by Crippen LogP contribution is -2.09. The lowest BCUT2D eigenvalue weighted by molar-refractivity contribution is 0.521. The first kappa shape index (κ1) is 12.3. The molecule has 0 radical (unpaired) electrons. The van der Waals surface area contributed by atoms with E-state index in [0.29, 0.717) is 6.04 Å². The van der Waals surface area contributed by atoms with Crippen LogP contribution >= 0.6 is 0 Å². The van der Waals surface area contributed by atoms with Gasteiger partial charge in [-0.25, -0.2) is 4.98 Å². The standard InChI is InChI=1S/C18H17N3/c1-2-6-16(7-3-1)21-12-11-20-18(21)15-9-8-14-5-4-10-19-17(14)13-15/h2,4-6,8-13,16H,1,3,7H2. The maximum absolute atomic E-state index is 4.57. The van der Waals surface area contributed by atoms with Crippen molar-refractivity contribution in [2.75, 3.05) is 0 Å². The number of fused-ring (bicyclic) bond motifs is 1. The summed E-state index contributed by atoms with van der Waals surface area (Å²) in [6.07, 6.45) is 14.0. The molecule has 104 valence electrons. The van der Waals surface area contributed by atoms with E-state index in [1.165, 1.54) is 19.3 Å². The summed E-state index contributed by atoms with van der Waals surface area (Å²) in [5.74, 6) is 1.03. The fraction of sp³-hybridized carbons (Fsp3) is 0.222. The normalized spacial score (nSPS) is 18.2. The summed E-state index contributed by atoms with van der Waals surface area (Å²) in [5, 5.41) is 1.16. The number of pyridine rings is 1. The number of benzene rings is 1. The van der Waals surface area contributed by atoms with Crippen LogP contribution in [0, 0.1) is 0 Å². The zero-order chi connectivity index (χ0) is 14.1. The SMILES string of the molecule is C1=CC(n2ccnc2-c2ccc3cccnc3c2)CCC1. The highest BCUT2D eigenvalue weighted by Gasteiger charge is 2.15. The van der Waals surface area contributed by atoms with E-state index < -0.39 is 0 Å². The Kier molecular flexibility index (Phi) is 3.03. The Balaban J connectivity index is 1.80. The lowest BCUT2D eigenvalue weighted by atomic mass is 10.0. The first-order chi connectivity index (χ1) is 10.4. The van der Waals surface area contributed by atoms with Crippen LogP contribution < -0.4 is 0 Å². The first-order valence-electron chi connectivity index (χ1n) is 7.46. The second kappa shape index (κ2) is 5.17. The summed E-state index contributed by atoms with van der Waals surface area (Å²) in [6, 6.07) is 10.9. The summed E-state index contributed by atoms with van der Waals surface area (Å²) in [7, 11) is 0. The van der Waals surface area contributed by atoms with Gasteiger partial charge in [0.2, 0.25) is 0 Å². The number of allylic oxidation sites excluding steroid dienone is 2. The van der Waals surface area contributed by atoms with Crippen LogP contribution in [0.4, 0.5) is 0 Å². The highest BCUT2D eigenvalue weighted by molar-refractivity contribution is 5.82. The third-order valence-electron chi connectivity index (χ3n) is 4.12. The van der Waals surface area contributed by atoms with E-state index in [2.05, 4.69) is 57.1 Å². The third kappa shape index (κ3) is 2.25. The molecular formula is C18H17N3. The van der Waals surface area contributed by atoms with Crippen LogP contribution in [0.25, 0.3) is 22.3 Å². The van der Waals surface area contributed by atoms with Gasteiger partial charge < -0.3 is 4.57 Å². The molecule has 1 atom stereocenters. The van der Waals surface area contributed by atoms with Crippen LogP contribution in [0.1, 0.15) is 25.3 Å². The second-order valence-corrected chi connectivity index (χ2v) is 5.50. The molecule has 1 unspecified atom stereocenters. The minimum absolute atomic E-state index is 0.427. The highest BCUT2D eigenvalue weighted by Crippen LogP contribution is 2.29. The largest absolute Gasteiger partial charge is 0.324 e. The van der Waals surface area contributed by atoms with E-state index in [1.54, 1.807) is 0 Å². The zero-order valence-electron chi connectivity index (χ0n) is 11.8. The van der Waals surface area contributed by atoms with Crippen molar-refractivity contribution < 1.29 is 0 Å². The van der Waals surface area contributed by atoms with Gasteiger partial charge in [-0.3, -0.25) is 4.98 Å². The molecular weight excluding hydrogens is 258 g/mol. The minimum Gasteiger partial charge on any atom is -0.324 e. The molecule has 1 aliphatic carbocycles. The molecule has 3 nitrogen and oxygen atoms in total. The van der Waals surface area contributed by atoms with Gasteiger partial charge in [0.05, 0.1) is 11.6 Å². The lowest BCUT2D eigenvalue weighted by Gasteiger charge is -2.20. The Hall–Kier alpha value is -2.42. The van der Waals surface area contributed by atoms with Crippen molar-refractivity contribution in [1.29, 1.82) is 0 Å². The van der Waals surface area contributed by atoms with Gasteiger partial charge in [-0.2, -0.15) is 0 Å². The molecule has 0 bridgehead atoms. The van der Waals surface area contributed by atoms with Gasteiger partial charge in [0.25, 0.3) is 0 Å². The molecule has 2 aromatic heterocycles. The maximum Gasteiger partial charge on any atom is 0.140 e. The highest BCUT2D eigenvalue weighted by atomic mass is 15.1. The zero-order valence-corrected chi connectivity index (χ0v) is 11.8. The van der Waals surface area contributed by atoms with Gasteiger partial charge in [0.1, 0.15) is 5.82 Å². The summed E-state index contributed by atoms with van der Waals surface area (Å²) in [5.41, 5.74) is 2.15. The summed E-state index contributed by atoms with van der Waals surface area (Å²) in [4.78, 5) is 9.01. The fourth-order valence-electron chi connectivity index (χ4n) is 3.04. The average molecular weight is 275 g/mol. The Bertz CT molecular complexity index is 801. The monoisotopic (exact) mass is 275 g/mol. The van der Waals surface area contributed by atoms with Gasteiger partial charge in [-0.15, -0.1) is 0 Å². The molecule has 0 fully saturated rings. The predicted octanol–water partition coefficient (Wildman–Crippen LogP) is 4.38. The summed E-state index contributed by atoms with van der Waals surface area (Å²) in [6.45, 7) is 0. The van der Waals surface area contributed by atoms with Crippen molar-refractivity contribution in [1.82, 2.24) is 14.5 Å². The second-order valence-electron chi connectivity index (χ2n) is 5.50. The van der Waals surface area contributed by atoms with Crippen LogP contribution in [-0.4, -0.2) is 14.5 Å². The topological polar surface area (TPSA) is 30.7 Å². The van der Waals surface area contributed by atoms with E-state index in [1.807, 2.05) is 18.5 Å². The Morgan fingerprint density at radius 3 is 3.00 bits per heavy atom. The minimum atomic E-state index is 0.427. The van der Waals surface area contributed by atoms with Crippen molar-refractivity contribution in [2.24, 2.45) is 0 Å². The van der Waals surface area contributed by atoms with Crippen LogP contribution in [0.5, 0.6) is 0 Å². The van der Waals surface area contributed by atoms with E-state index in [-0.39, 0.29) is 0 Å². The summed E-state index contributed by atoms with van der Waals surface area (Å²) < 4.78 is 2.28. The molecule has 0 saturated heterocycles. The number of nitrogens with zero attached hydrogens (tertiary/aromatic N) is 3. The molecule has 3 aromatic rings. The van der Waals surface area contributed by atoms with Gasteiger partial charge in [0, 0.05) is 29.5 Å². The van der Waals surface area contributed by atoms with Crippen molar-refractivity contribution in [3.63, 3.8) is 0 Å². The van der Waals surface area contributed by atoms with Gasteiger partial charge in [0.15, 0.2) is 0 Å². The molecule has 0 amide bonds. The molecule has 0 aliphatic heterocycles. The predicted molar refractivity (Wildman–Crippen MR) is 85.0 cm³/mol. The average Bonchev–Trinajstić information content (AvgIpc) is 3.05. The maximum atomic E-state index is 4.57. The molecule has 4 rings (SSSR count). The van der Waals surface area contributed by atoms with E-state index in [9.17, 15) is 0 Å². The van der Waals surface area contributed by atoms with Gasteiger partial charge >= 0.3 is 0 Å². The first-order valence-corrected chi connectivity index (χ1v) is 7.46. The molecule has 1 aromatic carbocycles. The molecule has 0 spiro atoms.